The molecule has 84 valence electrons. The molecular weight excluding hydrogens is 210 g/mol. The monoisotopic (exact) mass is 221 g/mol. The van der Waals surface area contributed by atoms with Crippen LogP contribution in [-0.2, 0) is 4.74 Å². The maximum atomic E-state index is 11.6. The zero-order valence-corrected chi connectivity index (χ0v) is 9.02. The maximum absolute atomic E-state index is 11.6. The van der Waals surface area contributed by atoms with Crippen molar-refractivity contribution in [3.63, 3.8) is 0 Å². The van der Waals surface area contributed by atoms with Crippen molar-refractivity contribution in [2.45, 2.75) is 6.92 Å². The lowest BCUT2D eigenvalue weighted by atomic mass is 10.3. The second-order valence-corrected chi connectivity index (χ2v) is 3.04. The molecule has 2 aromatic rings. The van der Waals surface area contributed by atoms with E-state index in [1.54, 1.807) is 25.3 Å². The number of pyridine rings is 1. The Hall–Kier alpha value is -2.04. The van der Waals surface area contributed by atoms with Crippen LogP contribution in [0.5, 0.6) is 5.75 Å². The average molecular weight is 221 g/mol. The van der Waals surface area contributed by atoms with Crippen molar-refractivity contribution in [3.05, 3.63) is 24.1 Å². The first kappa shape index (κ1) is 10.5. The molecule has 0 aliphatic heterocycles. The van der Waals surface area contributed by atoms with Crippen molar-refractivity contribution in [2.75, 3.05) is 13.7 Å². The van der Waals surface area contributed by atoms with E-state index in [-0.39, 0.29) is 12.4 Å². The van der Waals surface area contributed by atoms with Crippen LogP contribution < -0.4 is 4.74 Å². The van der Waals surface area contributed by atoms with Crippen LogP contribution in [0.2, 0.25) is 0 Å². The van der Waals surface area contributed by atoms with Crippen LogP contribution in [0.25, 0.3) is 11.1 Å². The molecule has 16 heavy (non-hydrogen) atoms. The summed E-state index contributed by atoms with van der Waals surface area (Å²) in [5.74, 6) is -0.128. The molecule has 0 radical (unpaired) electrons. The molecule has 0 aliphatic rings. The highest BCUT2D eigenvalue weighted by Gasteiger charge is 2.22. The Morgan fingerprint density at radius 2 is 2.38 bits per heavy atom. The Balaban J connectivity index is 2.56. The van der Waals surface area contributed by atoms with Crippen LogP contribution in [0.15, 0.2) is 22.7 Å². The van der Waals surface area contributed by atoms with Gasteiger partial charge < -0.3 is 13.9 Å². The number of methoxy groups -OCH3 is 1. The van der Waals surface area contributed by atoms with Gasteiger partial charge in [0.1, 0.15) is 0 Å². The first-order valence-electron chi connectivity index (χ1n) is 4.86. The average Bonchev–Trinajstić information content (AvgIpc) is 2.67. The molecule has 0 aliphatic carbocycles. The van der Waals surface area contributed by atoms with E-state index >= 15 is 0 Å². The van der Waals surface area contributed by atoms with E-state index in [9.17, 15) is 4.79 Å². The quantitative estimate of drug-likeness (QED) is 0.742. The molecule has 0 spiro atoms. The molecule has 5 nitrogen and oxygen atoms in total. The number of aromatic nitrogens is 1. The Bertz CT molecular complexity index is 518. The van der Waals surface area contributed by atoms with E-state index in [1.165, 1.54) is 7.11 Å². The summed E-state index contributed by atoms with van der Waals surface area (Å²) in [6, 6.07) is 3.52. The molecule has 2 heterocycles. The predicted molar refractivity (Wildman–Crippen MR) is 56.5 cm³/mol. The Morgan fingerprint density at radius 1 is 1.56 bits per heavy atom. The lowest BCUT2D eigenvalue weighted by molar-refractivity contribution is 0.0487. The number of carbonyl (C=O) groups excluding carboxylic acids is 1. The number of ether oxygens (including phenoxy) is 2. The SMILES string of the molecule is CCOC(=O)c1oc2ncccc2c1OC. The van der Waals surface area contributed by atoms with Crippen molar-refractivity contribution in [2.24, 2.45) is 0 Å². The summed E-state index contributed by atoms with van der Waals surface area (Å²) < 4.78 is 15.3. The highest BCUT2D eigenvalue weighted by molar-refractivity contribution is 5.97. The summed E-state index contributed by atoms with van der Waals surface area (Å²) in [7, 11) is 1.47. The summed E-state index contributed by atoms with van der Waals surface area (Å²) in [5, 5.41) is 0.660. The Morgan fingerprint density at radius 3 is 3.06 bits per heavy atom. The van der Waals surface area contributed by atoms with Gasteiger partial charge in [-0.2, -0.15) is 0 Å². The van der Waals surface area contributed by atoms with E-state index in [1.807, 2.05) is 0 Å². The summed E-state index contributed by atoms with van der Waals surface area (Å²) in [6.45, 7) is 2.01. The summed E-state index contributed by atoms with van der Waals surface area (Å²) in [6.07, 6.45) is 1.58. The van der Waals surface area contributed by atoms with Crippen molar-refractivity contribution in [1.82, 2.24) is 4.98 Å². The van der Waals surface area contributed by atoms with E-state index < -0.39 is 5.97 Å². The van der Waals surface area contributed by atoms with Gasteiger partial charge in [-0.05, 0) is 19.1 Å². The number of nitrogens with zero attached hydrogens (tertiary/aromatic N) is 1. The van der Waals surface area contributed by atoms with E-state index in [4.69, 9.17) is 13.9 Å². The first-order valence-corrected chi connectivity index (χ1v) is 4.86. The minimum atomic E-state index is -0.544. The van der Waals surface area contributed by atoms with Gasteiger partial charge in [-0.25, -0.2) is 9.78 Å². The van der Waals surface area contributed by atoms with Crippen molar-refractivity contribution < 1.29 is 18.7 Å². The van der Waals surface area contributed by atoms with Crippen LogP contribution in [0.1, 0.15) is 17.5 Å². The largest absolute Gasteiger partial charge is 0.492 e. The van der Waals surface area contributed by atoms with Gasteiger partial charge >= 0.3 is 5.97 Å². The lowest BCUT2D eigenvalue weighted by Gasteiger charge is -2.00. The van der Waals surface area contributed by atoms with Crippen LogP contribution in [-0.4, -0.2) is 24.7 Å². The lowest BCUT2D eigenvalue weighted by Crippen LogP contribution is -2.04. The van der Waals surface area contributed by atoms with Gasteiger partial charge in [0, 0.05) is 6.20 Å². The second kappa shape index (κ2) is 4.22. The van der Waals surface area contributed by atoms with Crippen LogP contribution in [0.3, 0.4) is 0 Å². The van der Waals surface area contributed by atoms with E-state index in [2.05, 4.69) is 4.98 Å². The van der Waals surface area contributed by atoms with Gasteiger partial charge in [0.05, 0.1) is 19.1 Å². The predicted octanol–water partition coefficient (Wildman–Crippen LogP) is 2.01. The zero-order chi connectivity index (χ0) is 11.5. The maximum Gasteiger partial charge on any atom is 0.378 e. The normalized spacial score (nSPS) is 10.4. The molecule has 0 fully saturated rings. The molecule has 0 N–H and O–H groups in total. The topological polar surface area (TPSA) is 61.6 Å². The van der Waals surface area contributed by atoms with Gasteiger partial charge in [0.15, 0.2) is 5.75 Å². The standard InChI is InChI=1S/C11H11NO4/c1-3-15-11(13)9-8(14-2)7-5-4-6-12-10(7)16-9/h4-6H,3H2,1-2H3. The zero-order valence-electron chi connectivity index (χ0n) is 9.02. The molecule has 0 unspecified atom stereocenters. The van der Waals surface area contributed by atoms with Crippen molar-refractivity contribution >= 4 is 17.1 Å². The molecule has 2 aromatic heterocycles. The Labute approximate surface area is 92.0 Å². The number of carbonyl (C=O) groups is 1. The second-order valence-electron chi connectivity index (χ2n) is 3.04. The molecular formula is C11H11NO4. The fourth-order valence-corrected chi connectivity index (χ4v) is 1.44. The van der Waals surface area contributed by atoms with Crippen LogP contribution >= 0.6 is 0 Å². The Kier molecular flexibility index (Phi) is 2.76. The van der Waals surface area contributed by atoms with Crippen molar-refractivity contribution in [3.8, 4) is 5.75 Å². The first-order chi connectivity index (χ1) is 7.77. The number of hydrogen-bond donors (Lipinski definition) is 0. The molecule has 0 aromatic carbocycles. The molecule has 5 heteroatoms. The van der Waals surface area contributed by atoms with Crippen molar-refractivity contribution in [1.29, 1.82) is 0 Å². The minimum Gasteiger partial charge on any atom is -0.492 e. The minimum absolute atomic E-state index is 0.0538. The number of furan rings is 1. The van der Waals surface area contributed by atoms with Crippen LogP contribution in [0.4, 0.5) is 0 Å². The van der Waals surface area contributed by atoms with Gasteiger partial charge in [-0.1, -0.05) is 0 Å². The highest BCUT2D eigenvalue weighted by Crippen LogP contribution is 2.31. The third kappa shape index (κ3) is 1.60. The van der Waals surface area contributed by atoms with E-state index in [0.29, 0.717) is 16.8 Å². The fraction of sp³-hybridized carbons (Fsp3) is 0.273. The molecule has 2 rings (SSSR count). The number of rotatable bonds is 3. The third-order valence-electron chi connectivity index (χ3n) is 2.09. The van der Waals surface area contributed by atoms with Gasteiger partial charge in [0.25, 0.3) is 5.76 Å². The fourth-order valence-electron chi connectivity index (χ4n) is 1.44. The number of esters is 1. The third-order valence-corrected chi connectivity index (χ3v) is 2.09. The number of fused-ring (bicyclic) bond motifs is 1. The summed E-state index contributed by atoms with van der Waals surface area (Å²) in [4.78, 5) is 15.6. The summed E-state index contributed by atoms with van der Waals surface area (Å²) in [5.41, 5.74) is 0.363. The molecule has 0 bridgehead atoms. The molecule has 0 saturated carbocycles. The van der Waals surface area contributed by atoms with Gasteiger partial charge in [0.2, 0.25) is 5.71 Å². The molecule has 0 amide bonds. The van der Waals surface area contributed by atoms with Gasteiger partial charge in [-0.15, -0.1) is 0 Å². The highest BCUT2D eigenvalue weighted by atomic mass is 16.6. The molecule has 0 atom stereocenters. The summed E-state index contributed by atoms with van der Waals surface area (Å²) >= 11 is 0. The number of hydrogen-bond acceptors (Lipinski definition) is 5. The van der Waals surface area contributed by atoms with Crippen LogP contribution in [0, 0.1) is 0 Å². The van der Waals surface area contributed by atoms with E-state index in [0.717, 1.165) is 0 Å². The molecule has 0 saturated heterocycles. The van der Waals surface area contributed by atoms with Gasteiger partial charge in [-0.3, -0.25) is 0 Å². The smallest absolute Gasteiger partial charge is 0.378 e.